The Bertz CT molecular complexity index is 452. The molecule has 2 rings (SSSR count). The predicted octanol–water partition coefficient (Wildman–Crippen LogP) is 4.33. The van der Waals surface area contributed by atoms with Gasteiger partial charge in [0.1, 0.15) is 5.75 Å². The number of para-hydroxylation sites is 1. The number of allylic oxidation sites excluding steroid dienone is 5. The molecule has 0 bridgehead atoms. The third kappa shape index (κ3) is 2.43. The summed E-state index contributed by atoms with van der Waals surface area (Å²) in [5.41, 5.74) is 2.51. The minimum atomic E-state index is 0.722. The van der Waals surface area contributed by atoms with E-state index in [2.05, 4.69) is 30.9 Å². The Morgan fingerprint density at radius 3 is 2.81 bits per heavy atom. The van der Waals surface area contributed by atoms with Crippen LogP contribution < -0.4 is 4.74 Å². The van der Waals surface area contributed by atoms with E-state index in [1.807, 2.05) is 25.1 Å². The number of benzene rings is 1. The van der Waals surface area contributed by atoms with Crippen molar-refractivity contribution in [3.8, 4) is 5.75 Å². The van der Waals surface area contributed by atoms with Gasteiger partial charge in [-0.05, 0) is 31.4 Å². The first kappa shape index (κ1) is 10.7. The zero-order chi connectivity index (χ0) is 11.4. The SMILES string of the molecule is C=C(C)Oc1ccccc1C1=CC=CCC1. The lowest BCUT2D eigenvalue weighted by atomic mass is 9.97. The fourth-order valence-corrected chi connectivity index (χ4v) is 1.84. The van der Waals surface area contributed by atoms with Crippen molar-refractivity contribution in [2.24, 2.45) is 0 Å². The summed E-state index contributed by atoms with van der Waals surface area (Å²) >= 11 is 0. The highest BCUT2D eigenvalue weighted by Gasteiger charge is 2.09. The highest BCUT2D eigenvalue weighted by atomic mass is 16.5. The van der Waals surface area contributed by atoms with Crippen molar-refractivity contribution >= 4 is 5.57 Å². The molecule has 0 saturated heterocycles. The van der Waals surface area contributed by atoms with Crippen molar-refractivity contribution in [1.29, 1.82) is 0 Å². The summed E-state index contributed by atoms with van der Waals surface area (Å²) < 4.78 is 5.64. The molecule has 0 saturated carbocycles. The Hall–Kier alpha value is -1.76. The largest absolute Gasteiger partial charge is 0.462 e. The van der Waals surface area contributed by atoms with E-state index in [0.717, 1.165) is 24.4 Å². The Morgan fingerprint density at radius 2 is 2.12 bits per heavy atom. The number of hydrogen-bond donors (Lipinski definition) is 0. The van der Waals surface area contributed by atoms with Crippen molar-refractivity contribution in [3.05, 3.63) is 60.4 Å². The molecule has 0 amide bonds. The topological polar surface area (TPSA) is 9.23 Å². The van der Waals surface area contributed by atoms with Crippen molar-refractivity contribution in [2.45, 2.75) is 19.8 Å². The first-order chi connectivity index (χ1) is 7.77. The van der Waals surface area contributed by atoms with E-state index in [1.165, 1.54) is 11.1 Å². The summed E-state index contributed by atoms with van der Waals surface area (Å²) in [7, 11) is 0. The molecule has 1 aliphatic rings. The van der Waals surface area contributed by atoms with Crippen molar-refractivity contribution in [2.75, 3.05) is 0 Å². The van der Waals surface area contributed by atoms with Crippen LogP contribution in [0.5, 0.6) is 5.75 Å². The maximum Gasteiger partial charge on any atom is 0.134 e. The van der Waals surface area contributed by atoms with Gasteiger partial charge in [0.05, 0.1) is 5.76 Å². The molecule has 0 heterocycles. The summed E-state index contributed by atoms with van der Waals surface area (Å²) in [5.74, 6) is 1.62. The maximum absolute atomic E-state index is 5.64. The highest BCUT2D eigenvalue weighted by Crippen LogP contribution is 2.31. The molecule has 1 heteroatoms. The van der Waals surface area contributed by atoms with E-state index in [-0.39, 0.29) is 0 Å². The molecule has 0 spiro atoms. The van der Waals surface area contributed by atoms with E-state index in [0.29, 0.717) is 0 Å². The normalized spacial score (nSPS) is 14.4. The van der Waals surface area contributed by atoms with Crippen LogP contribution in [-0.4, -0.2) is 0 Å². The fourth-order valence-electron chi connectivity index (χ4n) is 1.84. The van der Waals surface area contributed by atoms with Gasteiger partial charge < -0.3 is 4.74 Å². The fraction of sp³-hybridized carbons (Fsp3) is 0.200. The average molecular weight is 212 g/mol. The minimum absolute atomic E-state index is 0.722. The van der Waals surface area contributed by atoms with E-state index in [1.54, 1.807) is 0 Å². The lowest BCUT2D eigenvalue weighted by molar-refractivity contribution is 0.429. The van der Waals surface area contributed by atoms with Gasteiger partial charge in [0.25, 0.3) is 0 Å². The van der Waals surface area contributed by atoms with Crippen molar-refractivity contribution in [3.63, 3.8) is 0 Å². The van der Waals surface area contributed by atoms with Crippen LogP contribution in [0, 0.1) is 0 Å². The van der Waals surface area contributed by atoms with Gasteiger partial charge in [-0.1, -0.05) is 43.0 Å². The Labute approximate surface area is 96.8 Å². The van der Waals surface area contributed by atoms with Crippen molar-refractivity contribution in [1.82, 2.24) is 0 Å². The third-order valence-corrected chi connectivity index (χ3v) is 2.53. The summed E-state index contributed by atoms with van der Waals surface area (Å²) in [5, 5.41) is 0. The maximum atomic E-state index is 5.64. The second kappa shape index (κ2) is 4.84. The molecular formula is C15H16O. The van der Waals surface area contributed by atoms with Gasteiger partial charge in [0, 0.05) is 5.56 Å². The summed E-state index contributed by atoms with van der Waals surface area (Å²) in [6.45, 7) is 5.65. The summed E-state index contributed by atoms with van der Waals surface area (Å²) in [6.07, 6.45) is 8.63. The van der Waals surface area contributed by atoms with Gasteiger partial charge >= 0.3 is 0 Å². The molecule has 1 nitrogen and oxygen atoms in total. The van der Waals surface area contributed by atoms with Crippen LogP contribution in [0.15, 0.2) is 54.8 Å². The standard InChI is InChI=1S/C15H16O/c1-12(2)16-15-11-7-6-10-14(15)13-8-4-3-5-9-13/h3-4,6-8,10-11H,1,5,9H2,2H3. The molecule has 82 valence electrons. The molecule has 0 fully saturated rings. The minimum Gasteiger partial charge on any atom is -0.462 e. The molecule has 0 aliphatic heterocycles. The second-order valence-corrected chi connectivity index (χ2v) is 3.96. The molecular weight excluding hydrogens is 196 g/mol. The molecule has 1 aromatic carbocycles. The van der Waals surface area contributed by atoms with E-state index >= 15 is 0 Å². The van der Waals surface area contributed by atoms with Crippen molar-refractivity contribution < 1.29 is 4.74 Å². The smallest absolute Gasteiger partial charge is 0.134 e. The average Bonchev–Trinajstić information content (AvgIpc) is 2.30. The predicted molar refractivity (Wildman–Crippen MR) is 68.2 cm³/mol. The van der Waals surface area contributed by atoms with E-state index < -0.39 is 0 Å². The van der Waals surface area contributed by atoms with E-state index in [9.17, 15) is 0 Å². The molecule has 0 atom stereocenters. The molecule has 1 aliphatic carbocycles. The highest BCUT2D eigenvalue weighted by molar-refractivity contribution is 5.72. The van der Waals surface area contributed by atoms with Gasteiger partial charge in [-0.25, -0.2) is 0 Å². The number of hydrogen-bond acceptors (Lipinski definition) is 1. The van der Waals surface area contributed by atoms with Crippen LogP contribution in [0.2, 0.25) is 0 Å². The molecule has 0 N–H and O–H groups in total. The van der Waals surface area contributed by atoms with Crippen LogP contribution in [0.4, 0.5) is 0 Å². The first-order valence-corrected chi connectivity index (χ1v) is 5.56. The molecule has 16 heavy (non-hydrogen) atoms. The van der Waals surface area contributed by atoms with Crippen LogP contribution in [0.3, 0.4) is 0 Å². The van der Waals surface area contributed by atoms with E-state index in [4.69, 9.17) is 4.74 Å². The summed E-state index contributed by atoms with van der Waals surface area (Å²) in [6, 6.07) is 8.12. The zero-order valence-corrected chi connectivity index (χ0v) is 9.57. The lowest BCUT2D eigenvalue weighted by Crippen LogP contribution is -1.95. The van der Waals surface area contributed by atoms with Crippen LogP contribution in [-0.2, 0) is 0 Å². The second-order valence-electron chi connectivity index (χ2n) is 3.96. The Morgan fingerprint density at radius 1 is 1.31 bits per heavy atom. The van der Waals surface area contributed by atoms with Crippen LogP contribution in [0.25, 0.3) is 5.57 Å². The van der Waals surface area contributed by atoms with Gasteiger partial charge in [-0.15, -0.1) is 0 Å². The van der Waals surface area contributed by atoms with Gasteiger partial charge in [0.15, 0.2) is 0 Å². The number of ether oxygens (including phenoxy) is 1. The number of rotatable bonds is 3. The summed E-state index contributed by atoms with van der Waals surface area (Å²) in [4.78, 5) is 0. The Balaban J connectivity index is 2.35. The quantitative estimate of drug-likeness (QED) is 0.677. The first-order valence-electron chi connectivity index (χ1n) is 5.56. The lowest BCUT2D eigenvalue weighted by Gasteiger charge is -2.14. The van der Waals surface area contributed by atoms with Gasteiger partial charge in [-0.2, -0.15) is 0 Å². The van der Waals surface area contributed by atoms with Gasteiger partial charge in [-0.3, -0.25) is 0 Å². The molecule has 0 unspecified atom stereocenters. The monoisotopic (exact) mass is 212 g/mol. The molecule has 0 radical (unpaired) electrons. The molecule has 1 aromatic rings. The van der Waals surface area contributed by atoms with Crippen LogP contribution >= 0.6 is 0 Å². The Kier molecular flexibility index (Phi) is 3.25. The van der Waals surface area contributed by atoms with Gasteiger partial charge in [0.2, 0.25) is 0 Å². The third-order valence-electron chi connectivity index (χ3n) is 2.53. The molecule has 0 aromatic heterocycles. The van der Waals surface area contributed by atoms with Crippen LogP contribution in [0.1, 0.15) is 25.3 Å². The zero-order valence-electron chi connectivity index (χ0n) is 9.57.